The van der Waals surface area contributed by atoms with Crippen LogP contribution in [0.25, 0.3) is 16.9 Å². The summed E-state index contributed by atoms with van der Waals surface area (Å²) in [6.45, 7) is -2.74. The van der Waals surface area contributed by atoms with E-state index in [2.05, 4.69) is 9.72 Å². The highest BCUT2D eigenvalue weighted by Crippen LogP contribution is 2.36. The number of benzene rings is 1. The molecule has 0 radical (unpaired) electrons. The highest BCUT2D eigenvalue weighted by molar-refractivity contribution is 5.99. The number of hydrogen-bond acceptors (Lipinski definition) is 6. The Bertz CT molecular complexity index is 1090. The van der Waals surface area contributed by atoms with Gasteiger partial charge in [-0.1, -0.05) is 0 Å². The molecular weight excluding hydrogens is 388 g/mol. The number of fused-ring (bicyclic) bond motifs is 1. The van der Waals surface area contributed by atoms with Gasteiger partial charge in [0.05, 0.1) is 32.2 Å². The number of methoxy groups -OCH3 is 1. The molecule has 0 unspecified atom stereocenters. The van der Waals surface area contributed by atoms with E-state index in [0.29, 0.717) is 22.5 Å². The van der Waals surface area contributed by atoms with E-state index in [4.69, 9.17) is 15.2 Å². The lowest BCUT2D eigenvalue weighted by Crippen LogP contribution is -2.46. The summed E-state index contributed by atoms with van der Waals surface area (Å²) in [6, 6.07) is 6.21. The van der Waals surface area contributed by atoms with E-state index in [1.165, 1.54) is 25.4 Å². The predicted molar refractivity (Wildman–Crippen MR) is 97.0 cm³/mol. The zero-order chi connectivity index (χ0) is 20.8. The Morgan fingerprint density at radius 2 is 2.07 bits per heavy atom. The minimum absolute atomic E-state index is 0.00171. The molecule has 0 aliphatic carbocycles. The second kappa shape index (κ2) is 6.98. The topological polar surface area (TPSA) is 108 Å². The lowest BCUT2D eigenvalue weighted by Gasteiger charge is -2.36. The van der Waals surface area contributed by atoms with Crippen LogP contribution in [0.1, 0.15) is 15.9 Å². The van der Waals surface area contributed by atoms with Crippen LogP contribution in [0.4, 0.5) is 8.78 Å². The van der Waals surface area contributed by atoms with Crippen molar-refractivity contribution in [2.75, 3.05) is 20.3 Å². The van der Waals surface area contributed by atoms with E-state index in [0.717, 1.165) is 0 Å². The van der Waals surface area contributed by atoms with Crippen molar-refractivity contribution < 1.29 is 32.9 Å². The number of carbonyl (C=O) groups excluding carboxylic acids is 1. The maximum Gasteiger partial charge on any atom is 0.387 e. The molecule has 4 rings (SSSR count). The van der Waals surface area contributed by atoms with E-state index < -0.39 is 23.9 Å². The third kappa shape index (κ3) is 3.26. The van der Waals surface area contributed by atoms with E-state index in [1.54, 1.807) is 22.7 Å². The summed E-state index contributed by atoms with van der Waals surface area (Å²) in [6.07, 6.45) is 3.23. The van der Waals surface area contributed by atoms with Gasteiger partial charge in [0.15, 0.2) is 0 Å². The van der Waals surface area contributed by atoms with Crippen molar-refractivity contribution in [3.8, 4) is 22.8 Å². The Labute approximate surface area is 163 Å². The molecule has 1 amide bonds. The third-order valence-corrected chi connectivity index (χ3v) is 4.78. The molecule has 3 N–H and O–H groups in total. The van der Waals surface area contributed by atoms with Crippen LogP contribution >= 0.6 is 0 Å². The van der Waals surface area contributed by atoms with Gasteiger partial charge in [-0.05, 0) is 29.8 Å². The average Bonchev–Trinajstić information content (AvgIpc) is 3.07. The number of primary amides is 1. The van der Waals surface area contributed by atoms with E-state index in [1.807, 2.05) is 0 Å². The second-order valence-corrected chi connectivity index (χ2v) is 6.61. The normalized spacial score (nSPS) is 15.3. The van der Waals surface area contributed by atoms with Gasteiger partial charge in [0, 0.05) is 11.8 Å². The van der Waals surface area contributed by atoms with Crippen LogP contribution in [-0.4, -0.2) is 47.3 Å². The summed E-state index contributed by atoms with van der Waals surface area (Å²) in [4.78, 5) is 16.0. The summed E-state index contributed by atoms with van der Waals surface area (Å²) in [5.41, 5.74) is 6.15. The summed E-state index contributed by atoms with van der Waals surface area (Å²) >= 11 is 0. The number of amides is 1. The molecule has 0 saturated carbocycles. The average molecular weight is 405 g/mol. The van der Waals surface area contributed by atoms with Crippen LogP contribution in [0.3, 0.4) is 0 Å². The Kier molecular flexibility index (Phi) is 4.59. The number of ether oxygens (including phenoxy) is 3. The fraction of sp³-hybridized carbons (Fsp3) is 0.263. The quantitative estimate of drug-likeness (QED) is 0.649. The van der Waals surface area contributed by atoms with Crippen molar-refractivity contribution >= 4 is 11.6 Å². The van der Waals surface area contributed by atoms with Gasteiger partial charge >= 0.3 is 6.61 Å². The minimum Gasteiger partial charge on any atom is -0.496 e. The Morgan fingerprint density at radius 3 is 2.66 bits per heavy atom. The summed E-state index contributed by atoms with van der Waals surface area (Å²) < 4.78 is 42.2. The Balaban J connectivity index is 1.83. The monoisotopic (exact) mass is 405 g/mol. The molecule has 0 spiro atoms. The van der Waals surface area contributed by atoms with Crippen molar-refractivity contribution in [2.45, 2.75) is 12.2 Å². The summed E-state index contributed by atoms with van der Waals surface area (Å²) in [5.74, 6) is -1.35. The van der Waals surface area contributed by atoms with Gasteiger partial charge in [0.2, 0.25) is 0 Å². The fourth-order valence-electron chi connectivity index (χ4n) is 3.28. The van der Waals surface area contributed by atoms with Crippen molar-refractivity contribution in [3.05, 3.63) is 47.8 Å². The molecule has 152 valence electrons. The molecule has 29 heavy (non-hydrogen) atoms. The van der Waals surface area contributed by atoms with Crippen LogP contribution in [0, 0.1) is 0 Å². The van der Waals surface area contributed by atoms with Crippen molar-refractivity contribution in [2.24, 2.45) is 5.73 Å². The summed E-state index contributed by atoms with van der Waals surface area (Å²) in [7, 11) is 1.29. The van der Waals surface area contributed by atoms with Crippen molar-refractivity contribution in [1.82, 2.24) is 9.38 Å². The largest absolute Gasteiger partial charge is 0.496 e. The van der Waals surface area contributed by atoms with E-state index in [-0.39, 0.29) is 24.5 Å². The first-order chi connectivity index (χ1) is 13.8. The van der Waals surface area contributed by atoms with Gasteiger partial charge in [-0.25, -0.2) is 4.98 Å². The minimum atomic E-state index is -3.15. The lowest BCUT2D eigenvalue weighted by atomic mass is 9.93. The molecule has 0 atom stereocenters. The van der Waals surface area contributed by atoms with Crippen molar-refractivity contribution in [1.29, 1.82) is 0 Å². The Hall–Kier alpha value is -3.24. The molecular formula is C19H17F2N3O5. The number of rotatable bonds is 6. The molecule has 3 aromatic rings. The highest BCUT2D eigenvalue weighted by atomic mass is 19.3. The number of aromatic nitrogens is 2. The highest BCUT2D eigenvalue weighted by Gasteiger charge is 2.38. The standard InChI is InChI=1S/C19H17F2N3O5/c1-27-13-4-10(5-14(29-18(20)21)16(13)17(22)25)12-7-23-15-6-11(2-3-24(12)15)19(26)8-28-9-19/h2-7,18,26H,8-9H2,1H3,(H2,22,25). The van der Waals surface area contributed by atoms with Gasteiger partial charge in [-0.2, -0.15) is 8.78 Å². The molecule has 1 aromatic carbocycles. The maximum atomic E-state index is 12.9. The molecule has 3 heterocycles. The second-order valence-electron chi connectivity index (χ2n) is 6.61. The Morgan fingerprint density at radius 1 is 1.34 bits per heavy atom. The number of nitrogens with zero attached hydrogens (tertiary/aromatic N) is 2. The van der Waals surface area contributed by atoms with Gasteiger partial charge in [-0.15, -0.1) is 0 Å². The number of halogens is 2. The number of alkyl halides is 2. The van der Waals surface area contributed by atoms with Gasteiger partial charge < -0.3 is 25.1 Å². The van der Waals surface area contributed by atoms with Crippen LogP contribution in [0.2, 0.25) is 0 Å². The lowest BCUT2D eigenvalue weighted by molar-refractivity contribution is -0.184. The first-order valence-electron chi connectivity index (χ1n) is 8.57. The molecule has 0 bridgehead atoms. The zero-order valence-electron chi connectivity index (χ0n) is 15.3. The molecule has 2 aromatic heterocycles. The maximum absolute atomic E-state index is 12.9. The number of aliphatic hydroxyl groups is 1. The SMILES string of the molecule is COc1cc(-c2cnc3cc(C4(O)COC4)ccn23)cc(OC(F)F)c1C(N)=O. The van der Waals surface area contributed by atoms with Gasteiger partial charge in [0.25, 0.3) is 5.91 Å². The molecule has 10 heteroatoms. The first kappa shape index (κ1) is 19.1. The van der Waals surface area contributed by atoms with Gasteiger partial charge in [0.1, 0.15) is 28.3 Å². The first-order valence-corrected chi connectivity index (χ1v) is 8.57. The smallest absolute Gasteiger partial charge is 0.387 e. The van der Waals surface area contributed by atoms with Crippen LogP contribution < -0.4 is 15.2 Å². The summed E-state index contributed by atoms with van der Waals surface area (Å²) in [5, 5.41) is 10.4. The van der Waals surface area contributed by atoms with Gasteiger partial charge in [-0.3, -0.25) is 9.20 Å². The molecule has 1 aliphatic heterocycles. The molecule has 1 aliphatic rings. The van der Waals surface area contributed by atoms with Crippen LogP contribution in [-0.2, 0) is 10.3 Å². The number of carbonyl (C=O) groups is 1. The zero-order valence-corrected chi connectivity index (χ0v) is 15.3. The number of hydrogen-bond donors (Lipinski definition) is 2. The van der Waals surface area contributed by atoms with Crippen LogP contribution in [0.5, 0.6) is 11.5 Å². The number of pyridine rings is 1. The third-order valence-electron chi connectivity index (χ3n) is 4.78. The van der Waals surface area contributed by atoms with Crippen molar-refractivity contribution in [3.63, 3.8) is 0 Å². The molecule has 1 fully saturated rings. The molecule has 8 nitrogen and oxygen atoms in total. The number of imidazole rings is 1. The van der Waals surface area contributed by atoms with Crippen LogP contribution in [0.15, 0.2) is 36.7 Å². The fourth-order valence-corrected chi connectivity index (χ4v) is 3.28. The number of nitrogens with two attached hydrogens (primary N) is 1. The predicted octanol–water partition coefficient (Wildman–Crippen LogP) is 1.93. The molecule has 1 saturated heterocycles. The van der Waals surface area contributed by atoms with E-state index >= 15 is 0 Å². The van der Waals surface area contributed by atoms with E-state index in [9.17, 15) is 18.7 Å².